The first-order valence-electron chi connectivity index (χ1n) is 6.58. The highest BCUT2D eigenvalue weighted by molar-refractivity contribution is 5.74. The SMILES string of the molecule is CC1(C)CCN(C(=O)NCC(C)(O)CC(=O)O)CC1. The van der Waals surface area contributed by atoms with Gasteiger partial charge in [0.25, 0.3) is 0 Å². The summed E-state index contributed by atoms with van der Waals surface area (Å²) >= 11 is 0. The van der Waals surface area contributed by atoms with Crippen LogP contribution in [0.25, 0.3) is 0 Å². The summed E-state index contributed by atoms with van der Waals surface area (Å²) in [6.07, 6.45) is 1.51. The number of piperidine rings is 1. The van der Waals surface area contributed by atoms with Crippen LogP contribution in [-0.4, -0.2) is 52.3 Å². The molecule has 0 bridgehead atoms. The number of likely N-dealkylation sites (tertiary alicyclic amines) is 1. The fourth-order valence-corrected chi connectivity index (χ4v) is 2.08. The van der Waals surface area contributed by atoms with Crippen LogP contribution < -0.4 is 5.32 Å². The minimum Gasteiger partial charge on any atom is -0.481 e. The molecule has 2 amide bonds. The van der Waals surface area contributed by atoms with E-state index in [1.165, 1.54) is 6.92 Å². The molecule has 0 aliphatic carbocycles. The summed E-state index contributed by atoms with van der Waals surface area (Å²) in [5.41, 5.74) is -1.15. The standard InChI is InChI=1S/C13H24N2O4/c1-12(2)4-6-15(7-5-12)11(18)14-9-13(3,19)8-10(16)17/h19H,4-9H2,1-3H3,(H,14,18)(H,16,17). The number of rotatable bonds is 4. The molecule has 6 nitrogen and oxygen atoms in total. The van der Waals surface area contributed by atoms with Gasteiger partial charge >= 0.3 is 12.0 Å². The van der Waals surface area contributed by atoms with Crippen molar-refractivity contribution in [1.29, 1.82) is 0 Å². The van der Waals surface area contributed by atoms with Gasteiger partial charge in [0.1, 0.15) is 0 Å². The Kier molecular flexibility index (Phi) is 4.79. The second kappa shape index (κ2) is 5.77. The summed E-state index contributed by atoms with van der Waals surface area (Å²) in [6, 6.07) is -0.235. The molecule has 1 saturated heterocycles. The van der Waals surface area contributed by atoms with Crippen LogP contribution in [0.15, 0.2) is 0 Å². The van der Waals surface area contributed by atoms with Gasteiger partial charge in [0, 0.05) is 19.6 Å². The van der Waals surface area contributed by atoms with Crippen LogP contribution in [-0.2, 0) is 4.79 Å². The third-order valence-electron chi connectivity index (χ3n) is 3.56. The van der Waals surface area contributed by atoms with E-state index in [1.54, 1.807) is 4.90 Å². The Morgan fingerprint density at radius 3 is 2.32 bits per heavy atom. The molecule has 1 unspecified atom stereocenters. The largest absolute Gasteiger partial charge is 0.481 e. The van der Waals surface area contributed by atoms with E-state index in [0.29, 0.717) is 13.1 Å². The minimum absolute atomic E-state index is 0.0575. The molecule has 110 valence electrons. The van der Waals surface area contributed by atoms with Gasteiger partial charge in [-0.2, -0.15) is 0 Å². The van der Waals surface area contributed by atoms with E-state index >= 15 is 0 Å². The zero-order chi connectivity index (χ0) is 14.7. The third-order valence-corrected chi connectivity index (χ3v) is 3.56. The van der Waals surface area contributed by atoms with Gasteiger partial charge in [-0.05, 0) is 25.2 Å². The minimum atomic E-state index is -1.42. The molecular formula is C13H24N2O4. The molecule has 1 fully saturated rings. The Hall–Kier alpha value is -1.30. The number of nitrogens with zero attached hydrogens (tertiary/aromatic N) is 1. The Morgan fingerprint density at radius 1 is 1.32 bits per heavy atom. The predicted octanol–water partition coefficient (Wildman–Crippen LogP) is 1.04. The number of hydrogen-bond acceptors (Lipinski definition) is 3. The van der Waals surface area contributed by atoms with Gasteiger partial charge in [-0.15, -0.1) is 0 Å². The third kappa shape index (κ3) is 5.46. The Morgan fingerprint density at radius 2 is 1.84 bits per heavy atom. The lowest BCUT2D eigenvalue weighted by Gasteiger charge is -2.37. The molecule has 1 aliphatic rings. The van der Waals surface area contributed by atoms with E-state index < -0.39 is 11.6 Å². The van der Waals surface area contributed by atoms with E-state index in [4.69, 9.17) is 5.11 Å². The van der Waals surface area contributed by atoms with Gasteiger partial charge in [-0.25, -0.2) is 4.79 Å². The number of carboxylic acid groups (broad SMARTS) is 1. The molecule has 0 spiro atoms. The second-order valence-corrected chi connectivity index (χ2v) is 6.38. The number of carbonyl (C=O) groups excluding carboxylic acids is 1. The number of aliphatic hydroxyl groups is 1. The molecule has 1 aliphatic heterocycles. The maximum absolute atomic E-state index is 11.9. The number of hydrogen-bond donors (Lipinski definition) is 3. The summed E-state index contributed by atoms with van der Waals surface area (Å²) in [5, 5.41) is 21.0. The maximum atomic E-state index is 11.9. The van der Waals surface area contributed by atoms with Crippen molar-refractivity contribution in [2.45, 2.75) is 45.6 Å². The number of nitrogens with one attached hydrogen (secondary N) is 1. The highest BCUT2D eigenvalue weighted by atomic mass is 16.4. The molecule has 1 atom stereocenters. The number of urea groups is 1. The molecule has 0 aromatic heterocycles. The van der Waals surface area contributed by atoms with Crippen LogP contribution in [0.4, 0.5) is 4.79 Å². The lowest BCUT2D eigenvalue weighted by atomic mass is 9.83. The van der Waals surface area contributed by atoms with Gasteiger partial charge < -0.3 is 20.4 Å². The Labute approximate surface area is 113 Å². The lowest BCUT2D eigenvalue weighted by molar-refractivity contribution is -0.141. The summed E-state index contributed by atoms with van der Waals surface area (Å²) in [5.74, 6) is -1.08. The van der Waals surface area contributed by atoms with E-state index in [0.717, 1.165) is 12.8 Å². The summed E-state index contributed by atoms with van der Waals surface area (Å²) in [4.78, 5) is 24.2. The van der Waals surface area contributed by atoms with Crippen molar-refractivity contribution in [3.05, 3.63) is 0 Å². The topological polar surface area (TPSA) is 89.9 Å². The summed E-state index contributed by atoms with van der Waals surface area (Å²) in [6.45, 7) is 7.10. The number of aliphatic carboxylic acids is 1. The smallest absolute Gasteiger partial charge is 0.317 e. The van der Waals surface area contributed by atoms with Crippen molar-refractivity contribution in [3.63, 3.8) is 0 Å². The van der Waals surface area contributed by atoms with Crippen LogP contribution >= 0.6 is 0 Å². The first kappa shape index (κ1) is 15.8. The second-order valence-electron chi connectivity index (χ2n) is 6.38. The highest BCUT2D eigenvalue weighted by Gasteiger charge is 2.29. The van der Waals surface area contributed by atoms with Crippen molar-refractivity contribution in [1.82, 2.24) is 10.2 Å². The molecule has 1 rings (SSSR count). The number of carboxylic acids is 1. The first-order valence-corrected chi connectivity index (χ1v) is 6.58. The molecule has 3 N–H and O–H groups in total. The van der Waals surface area contributed by atoms with Crippen molar-refractivity contribution < 1.29 is 19.8 Å². The molecule has 19 heavy (non-hydrogen) atoms. The van der Waals surface area contributed by atoms with Crippen molar-refractivity contribution in [2.75, 3.05) is 19.6 Å². The first-order chi connectivity index (χ1) is 8.61. The van der Waals surface area contributed by atoms with Gasteiger partial charge in [0.15, 0.2) is 0 Å². The molecule has 0 saturated carbocycles. The van der Waals surface area contributed by atoms with E-state index in [9.17, 15) is 14.7 Å². The molecule has 6 heteroatoms. The highest BCUT2D eigenvalue weighted by Crippen LogP contribution is 2.29. The summed E-state index contributed by atoms with van der Waals surface area (Å²) in [7, 11) is 0. The van der Waals surface area contributed by atoms with Gasteiger partial charge in [0.2, 0.25) is 0 Å². The van der Waals surface area contributed by atoms with Crippen LogP contribution in [0, 0.1) is 5.41 Å². The molecular weight excluding hydrogens is 248 g/mol. The number of carbonyl (C=O) groups is 2. The quantitative estimate of drug-likeness (QED) is 0.713. The normalized spacial score (nSPS) is 21.6. The predicted molar refractivity (Wildman–Crippen MR) is 70.9 cm³/mol. The van der Waals surface area contributed by atoms with Crippen molar-refractivity contribution >= 4 is 12.0 Å². The van der Waals surface area contributed by atoms with E-state index in [2.05, 4.69) is 19.2 Å². The maximum Gasteiger partial charge on any atom is 0.317 e. The zero-order valence-corrected chi connectivity index (χ0v) is 11.9. The molecule has 0 aromatic rings. The fraction of sp³-hybridized carbons (Fsp3) is 0.846. The van der Waals surface area contributed by atoms with Crippen LogP contribution in [0.5, 0.6) is 0 Å². The fourth-order valence-electron chi connectivity index (χ4n) is 2.08. The Bertz CT molecular complexity index is 343. The monoisotopic (exact) mass is 272 g/mol. The van der Waals surface area contributed by atoms with Crippen LogP contribution in [0.2, 0.25) is 0 Å². The average Bonchev–Trinajstić information content (AvgIpc) is 2.24. The lowest BCUT2D eigenvalue weighted by Crippen LogP contribution is -2.50. The number of amides is 2. The van der Waals surface area contributed by atoms with E-state index in [-0.39, 0.29) is 24.4 Å². The van der Waals surface area contributed by atoms with Crippen molar-refractivity contribution in [3.8, 4) is 0 Å². The van der Waals surface area contributed by atoms with Gasteiger partial charge in [-0.3, -0.25) is 4.79 Å². The molecule has 1 heterocycles. The Balaban J connectivity index is 2.38. The van der Waals surface area contributed by atoms with E-state index in [1.807, 2.05) is 0 Å². The van der Waals surface area contributed by atoms with Gasteiger partial charge in [0.05, 0.1) is 12.0 Å². The zero-order valence-electron chi connectivity index (χ0n) is 11.9. The molecule has 0 aromatic carbocycles. The van der Waals surface area contributed by atoms with Crippen LogP contribution in [0.1, 0.15) is 40.0 Å². The average molecular weight is 272 g/mol. The van der Waals surface area contributed by atoms with Crippen molar-refractivity contribution in [2.24, 2.45) is 5.41 Å². The van der Waals surface area contributed by atoms with Gasteiger partial charge in [-0.1, -0.05) is 13.8 Å². The van der Waals surface area contributed by atoms with Crippen LogP contribution in [0.3, 0.4) is 0 Å². The summed E-state index contributed by atoms with van der Waals surface area (Å²) < 4.78 is 0. The molecule has 0 radical (unpaired) electrons.